The van der Waals surface area contributed by atoms with Crippen molar-refractivity contribution >= 4 is 44.5 Å². The molecule has 3 rings (SSSR count). The smallest absolute Gasteiger partial charge is 0.341 e. The molecule has 1 heterocycles. The molecule has 0 unspecified atom stereocenters. The summed E-state index contributed by atoms with van der Waals surface area (Å²) < 4.78 is 11.5. The molecule has 0 aliphatic heterocycles. The average molecular weight is 452 g/mol. The normalized spacial score (nSPS) is 13.6. The minimum absolute atomic E-state index is 0.0304. The molecule has 0 spiro atoms. The highest BCUT2D eigenvalue weighted by molar-refractivity contribution is 9.10. The van der Waals surface area contributed by atoms with Crippen LogP contribution in [0.3, 0.4) is 0 Å². The van der Waals surface area contributed by atoms with E-state index in [1.165, 1.54) is 16.2 Å². The zero-order valence-corrected chi connectivity index (χ0v) is 17.8. The number of rotatable bonds is 6. The van der Waals surface area contributed by atoms with E-state index in [1.807, 2.05) is 6.92 Å². The van der Waals surface area contributed by atoms with E-state index in [0.717, 1.165) is 35.7 Å². The number of hydrogen-bond donors (Lipinski definition) is 1. The van der Waals surface area contributed by atoms with E-state index in [2.05, 4.69) is 20.9 Å². The number of phenolic OH excluding ortho intramolecular Hbond substituents is 1. The zero-order chi connectivity index (χ0) is 19.4. The van der Waals surface area contributed by atoms with Crippen LogP contribution in [0.4, 0.5) is 5.00 Å². The Balaban J connectivity index is 2.00. The highest BCUT2D eigenvalue weighted by atomic mass is 79.9. The van der Waals surface area contributed by atoms with Crippen molar-refractivity contribution in [2.24, 2.45) is 4.99 Å². The van der Waals surface area contributed by atoms with Crippen molar-refractivity contribution in [2.45, 2.75) is 39.5 Å². The molecule has 27 heavy (non-hydrogen) atoms. The minimum Gasteiger partial charge on any atom is -0.504 e. The van der Waals surface area contributed by atoms with Gasteiger partial charge in [0.15, 0.2) is 11.5 Å². The van der Waals surface area contributed by atoms with Gasteiger partial charge in [-0.25, -0.2) is 9.79 Å². The Hall–Kier alpha value is -1.86. The van der Waals surface area contributed by atoms with Gasteiger partial charge in [-0.2, -0.15) is 0 Å². The number of fused-ring (bicyclic) bond motifs is 1. The van der Waals surface area contributed by atoms with Crippen LogP contribution < -0.4 is 4.74 Å². The van der Waals surface area contributed by atoms with Gasteiger partial charge < -0.3 is 14.6 Å². The Bertz CT molecular complexity index is 875. The lowest BCUT2D eigenvalue weighted by Crippen LogP contribution is -2.09. The quantitative estimate of drug-likeness (QED) is 0.470. The van der Waals surface area contributed by atoms with Crippen LogP contribution in [-0.2, 0) is 17.6 Å². The summed E-state index contributed by atoms with van der Waals surface area (Å²) in [6, 6.07) is 3.48. The molecule has 1 N–H and O–H groups in total. The summed E-state index contributed by atoms with van der Waals surface area (Å²) in [5.41, 5.74) is 2.17. The van der Waals surface area contributed by atoms with Crippen molar-refractivity contribution in [3.63, 3.8) is 0 Å². The summed E-state index contributed by atoms with van der Waals surface area (Å²) in [5.74, 6) is 0.102. The number of benzene rings is 1. The lowest BCUT2D eigenvalue weighted by Gasteiger charge is -2.11. The van der Waals surface area contributed by atoms with Gasteiger partial charge in [-0.15, -0.1) is 11.3 Å². The lowest BCUT2D eigenvalue weighted by atomic mass is 9.95. The summed E-state index contributed by atoms with van der Waals surface area (Å²) in [5, 5.41) is 11.1. The fourth-order valence-electron chi connectivity index (χ4n) is 3.14. The number of ether oxygens (including phenoxy) is 2. The highest BCUT2D eigenvalue weighted by Crippen LogP contribution is 2.41. The fourth-order valence-corrected chi connectivity index (χ4v) is 4.82. The second kappa shape index (κ2) is 8.89. The van der Waals surface area contributed by atoms with Gasteiger partial charge in [-0.3, -0.25) is 0 Å². The third-order valence-corrected chi connectivity index (χ3v) is 5.98. The largest absolute Gasteiger partial charge is 0.504 e. The maximum absolute atomic E-state index is 12.5. The van der Waals surface area contributed by atoms with E-state index in [-0.39, 0.29) is 11.7 Å². The Morgan fingerprint density at radius 2 is 2.07 bits per heavy atom. The van der Waals surface area contributed by atoms with Gasteiger partial charge in [0.05, 0.1) is 18.8 Å². The van der Waals surface area contributed by atoms with Gasteiger partial charge in [0, 0.05) is 21.1 Å². The maximum Gasteiger partial charge on any atom is 0.341 e. The first-order valence-electron chi connectivity index (χ1n) is 9.06. The van der Waals surface area contributed by atoms with E-state index in [9.17, 15) is 9.90 Å². The molecule has 0 bridgehead atoms. The number of aromatic hydroxyl groups is 1. The van der Waals surface area contributed by atoms with Crippen LogP contribution in [-0.4, -0.2) is 30.5 Å². The first-order chi connectivity index (χ1) is 13.0. The number of halogens is 1. The van der Waals surface area contributed by atoms with Crippen molar-refractivity contribution in [3.05, 3.63) is 38.2 Å². The monoisotopic (exact) mass is 451 g/mol. The van der Waals surface area contributed by atoms with Crippen molar-refractivity contribution < 1.29 is 19.4 Å². The van der Waals surface area contributed by atoms with Crippen molar-refractivity contribution in [1.82, 2.24) is 0 Å². The number of aryl methyl sites for hydroxylation is 1. The van der Waals surface area contributed by atoms with E-state index < -0.39 is 0 Å². The molecule has 0 atom stereocenters. The molecule has 2 aromatic rings. The van der Waals surface area contributed by atoms with Crippen molar-refractivity contribution in [3.8, 4) is 11.5 Å². The average Bonchev–Trinajstić information content (AvgIpc) is 3.02. The molecule has 1 aliphatic carbocycles. The first kappa shape index (κ1) is 19.9. The molecule has 0 fully saturated rings. The topological polar surface area (TPSA) is 68.1 Å². The van der Waals surface area contributed by atoms with Crippen LogP contribution in [0.1, 0.15) is 53.1 Å². The Morgan fingerprint density at radius 3 is 2.81 bits per heavy atom. The molecule has 0 saturated heterocycles. The Labute approximate surface area is 171 Å². The van der Waals surface area contributed by atoms with E-state index >= 15 is 0 Å². The second-order valence-corrected chi connectivity index (χ2v) is 8.14. The van der Waals surface area contributed by atoms with Crippen LogP contribution in [0.15, 0.2) is 21.6 Å². The SMILES string of the molecule is CCOC(=O)c1c(/N=C/c2cc(Br)cc(OCC)c2O)sc2c1CCCC2. The molecule has 7 heteroatoms. The number of nitrogens with zero attached hydrogens (tertiary/aromatic N) is 1. The molecule has 1 aromatic carbocycles. The molecule has 1 aliphatic rings. The zero-order valence-electron chi connectivity index (χ0n) is 15.4. The number of carbonyl (C=O) groups is 1. The predicted octanol–water partition coefficient (Wildman–Crippen LogP) is 5.42. The van der Waals surface area contributed by atoms with Gasteiger partial charge in [0.2, 0.25) is 0 Å². The van der Waals surface area contributed by atoms with Crippen LogP contribution in [0.2, 0.25) is 0 Å². The number of carbonyl (C=O) groups excluding carboxylic acids is 1. The van der Waals surface area contributed by atoms with Crippen molar-refractivity contribution in [1.29, 1.82) is 0 Å². The maximum atomic E-state index is 12.5. The van der Waals surface area contributed by atoms with Gasteiger partial charge in [0.25, 0.3) is 0 Å². The van der Waals surface area contributed by atoms with Crippen molar-refractivity contribution in [2.75, 3.05) is 13.2 Å². The molecule has 0 amide bonds. The standard InChI is InChI=1S/C20H22BrNO4S/c1-3-25-15-10-13(21)9-12(18(15)23)11-22-19-17(20(24)26-4-2)14-7-5-6-8-16(14)27-19/h9-11,23H,3-8H2,1-2H3/b22-11+. The first-order valence-corrected chi connectivity index (χ1v) is 10.7. The number of thiophene rings is 1. The number of aliphatic imine (C=N–C) groups is 1. The second-order valence-electron chi connectivity index (χ2n) is 6.14. The summed E-state index contributed by atoms with van der Waals surface area (Å²) in [4.78, 5) is 18.3. The van der Waals surface area contributed by atoms with E-state index in [4.69, 9.17) is 9.47 Å². The molecular formula is C20H22BrNO4S. The third-order valence-electron chi connectivity index (χ3n) is 4.32. The molecular weight excluding hydrogens is 430 g/mol. The summed E-state index contributed by atoms with van der Waals surface area (Å²) in [6.45, 7) is 4.44. The summed E-state index contributed by atoms with van der Waals surface area (Å²) >= 11 is 4.96. The minimum atomic E-state index is -0.322. The molecule has 0 radical (unpaired) electrons. The number of phenols is 1. The Morgan fingerprint density at radius 1 is 1.30 bits per heavy atom. The fraction of sp³-hybridized carbons (Fsp3) is 0.400. The van der Waals surface area contributed by atoms with Gasteiger partial charge in [0.1, 0.15) is 5.00 Å². The van der Waals surface area contributed by atoms with Crippen LogP contribution in [0.5, 0.6) is 11.5 Å². The van der Waals surface area contributed by atoms with Gasteiger partial charge in [-0.05, 0) is 57.2 Å². The predicted molar refractivity (Wildman–Crippen MR) is 111 cm³/mol. The molecule has 0 saturated carbocycles. The lowest BCUT2D eigenvalue weighted by molar-refractivity contribution is 0.0526. The van der Waals surface area contributed by atoms with Gasteiger partial charge in [-0.1, -0.05) is 15.9 Å². The number of esters is 1. The molecule has 5 nitrogen and oxygen atoms in total. The van der Waals surface area contributed by atoms with Crippen LogP contribution in [0, 0.1) is 0 Å². The molecule has 144 valence electrons. The van der Waals surface area contributed by atoms with Crippen LogP contribution in [0.25, 0.3) is 0 Å². The Kier molecular flexibility index (Phi) is 6.55. The highest BCUT2D eigenvalue weighted by Gasteiger charge is 2.26. The summed E-state index contributed by atoms with van der Waals surface area (Å²) in [7, 11) is 0. The number of hydrogen-bond acceptors (Lipinski definition) is 6. The van der Waals surface area contributed by atoms with Crippen LogP contribution >= 0.6 is 27.3 Å². The van der Waals surface area contributed by atoms with E-state index in [0.29, 0.717) is 35.1 Å². The van der Waals surface area contributed by atoms with E-state index in [1.54, 1.807) is 25.3 Å². The summed E-state index contributed by atoms with van der Waals surface area (Å²) in [6.07, 6.45) is 5.62. The molecule has 1 aromatic heterocycles. The third kappa shape index (κ3) is 4.35. The van der Waals surface area contributed by atoms with Gasteiger partial charge >= 0.3 is 5.97 Å².